The Morgan fingerprint density at radius 2 is 1.79 bits per heavy atom. The molecule has 1 amide bonds. The summed E-state index contributed by atoms with van der Waals surface area (Å²) in [6.45, 7) is 3.61. The van der Waals surface area contributed by atoms with Gasteiger partial charge in [-0.05, 0) is 44.4 Å². The van der Waals surface area contributed by atoms with Gasteiger partial charge in [0.05, 0.1) is 19.3 Å². The van der Waals surface area contributed by atoms with Gasteiger partial charge in [-0.2, -0.15) is 0 Å². The molecule has 7 heteroatoms. The van der Waals surface area contributed by atoms with E-state index in [1.54, 1.807) is 45.2 Å². The second kappa shape index (κ2) is 8.94. The van der Waals surface area contributed by atoms with Gasteiger partial charge in [-0.3, -0.25) is 9.59 Å². The van der Waals surface area contributed by atoms with Crippen molar-refractivity contribution in [2.75, 3.05) is 13.7 Å². The van der Waals surface area contributed by atoms with Crippen LogP contribution in [0.2, 0.25) is 0 Å². The number of hydrogen-bond acceptors (Lipinski definition) is 5. The van der Waals surface area contributed by atoms with Crippen molar-refractivity contribution in [2.45, 2.75) is 45.6 Å². The number of rotatable bonds is 7. The van der Waals surface area contributed by atoms with Crippen molar-refractivity contribution in [1.29, 1.82) is 0 Å². The van der Waals surface area contributed by atoms with E-state index in [2.05, 4.69) is 10.3 Å². The van der Waals surface area contributed by atoms with Crippen molar-refractivity contribution in [2.24, 2.45) is 0 Å². The van der Waals surface area contributed by atoms with Crippen molar-refractivity contribution in [3.8, 4) is 16.9 Å². The molecule has 7 nitrogen and oxygen atoms in total. The molecule has 0 radical (unpaired) electrons. The molecule has 29 heavy (non-hydrogen) atoms. The summed E-state index contributed by atoms with van der Waals surface area (Å²) in [5, 5.41) is 2.81. The molecule has 1 saturated carbocycles. The molecule has 0 unspecified atom stereocenters. The quantitative estimate of drug-likeness (QED) is 0.423. The molecule has 3 rings (SSSR count). The number of carbonyl (C=O) groups is 3. The second-order valence-electron chi connectivity index (χ2n) is 7.11. The maximum atomic E-state index is 13.0. The average molecular weight is 398 g/mol. The van der Waals surface area contributed by atoms with Crippen LogP contribution < -0.4 is 10.1 Å². The molecule has 1 aromatic heterocycles. The van der Waals surface area contributed by atoms with Crippen LogP contribution in [-0.2, 0) is 9.53 Å². The van der Waals surface area contributed by atoms with Gasteiger partial charge in [0, 0.05) is 17.3 Å². The predicted molar refractivity (Wildman–Crippen MR) is 108 cm³/mol. The number of aromatic nitrogens is 1. The molecule has 1 aliphatic rings. The minimum Gasteiger partial charge on any atom is -0.497 e. The first-order chi connectivity index (χ1) is 14.0. The summed E-state index contributed by atoms with van der Waals surface area (Å²) in [7, 11) is 1.56. The Hall–Kier alpha value is -3.09. The molecule has 0 saturated heterocycles. The van der Waals surface area contributed by atoms with Gasteiger partial charge in [0.2, 0.25) is 0 Å². The maximum Gasteiger partial charge on any atom is 0.340 e. The van der Waals surface area contributed by atoms with Gasteiger partial charge < -0.3 is 19.8 Å². The molecule has 0 atom stereocenters. The number of H-pyrrole nitrogens is 1. The van der Waals surface area contributed by atoms with E-state index in [1.165, 1.54) is 0 Å². The predicted octanol–water partition coefficient (Wildman–Crippen LogP) is 3.42. The lowest BCUT2D eigenvalue weighted by Crippen LogP contribution is -2.38. The first-order valence-corrected chi connectivity index (χ1v) is 9.85. The number of benzene rings is 1. The number of aryl methyl sites for hydroxylation is 1. The number of methoxy groups -OCH3 is 1. The Morgan fingerprint density at radius 3 is 2.38 bits per heavy atom. The second-order valence-corrected chi connectivity index (χ2v) is 7.11. The van der Waals surface area contributed by atoms with Crippen LogP contribution >= 0.6 is 0 Å². The van der Waals surface area contributed by atoms with Gasteiger partial charge in [-0.25, -0.2) is 4.79 Å². The van der Waals surface area contributed by atoms with E-state index >= 15 is 0 Å². The Labute approximate surface area is 169 Å². The van der Waals surface area contributed by atoms with Gasteiger partial charge in [0.1, 0.15) is 11.4 Å². The molecule has 1 aromatic carbocycles. The fourth-order valence-corrected chi connectivity index (χ4v) is 3.73. The van der Waals surface area contributed by atoms with E-state index < -0.39 is 17.7 Å². The number of ketones is 1. The normalized spacial score (nSPS) is 13.9. The number of hydrogen-bond donors (Lipinski definition) is 2. The topological polar surface area (TPSA) is 97.5 Å². The Balaban J connectivity index is 2.03. The summed E-state index contributed by atoms with van der Waals surface area (Å²) in [6.07, 6.45) is 3.85. The molecule has 0 spiro atoms. The minimum absolute atomic E-state index is 0.0245. The summed E-state index contributed by atoms with van der Waals surface area (Å²) in [5.41, 5.74) is 1.82. The lowest BCUT2D eigenvalue weighted by atomic mass is 9.98. The first-order valence-electron chi connectivity index (χ1n) is 9.85. The molecular weight excluding hydrogens is 372 g/mol. The molecule has 2 N–H and O–H groups in total. The molecule has 1 fully saturated rings. The van der Waals surface area contributed by atoms with Crippen LogP contribution in [0.25, 0.3) is 11.1 Å². The lowest BCUT2D eigenvalue weighted by molar-refractivity contribution is -0.117. The van der Waals surface area contributed by atoms with E-state index in [9.17, 15) is 14.4 Å². The van der Waals surface area contributed by atoms with Gasteiger partial charge >= 0.3 is 5.97 Å². The van der Waals surface area contributed by atoms with Crippen molar-refractivity contribution in [1.82, 2.24) is 10.3 Å². The maximum absolute atomic E-state index is 13.0. The molecule has 0 aliphatic heterocycles. The van der Waals surface area contributed by atoms with E-state index in [0.717, 1.165) is 25.7 Å². The third-order valence-electron chi connectivity index (χ3n) is 5.17. The highest BCUT2D eigenvalue weighted by Gasteiger charge is 2.31. The molecule has 2 aromatic rings. The van der Waals surface area contributed by atoms with Crippen molar-refractivity contribution in [3.05, 3.63) is 41.2 Å². The highest BCUT2D eigenvalue weighted by atomic mass is 16.5. The number of ether oxygens (including phenoxy) is 2. The largest absolute Gasteiger partial charge is 0.497 e. The molecule has 154 valence electrons. The van der Waals surface area contributed by atoms with E-state index in [4.69, 9.17) is 9.47 Å². The van der Waals surface area contributed by atoms with Crippen LogP contribution in [0.1, 0.15) is 59.1 Å². The zero-order valence-electron chi connectivity index (χ0n) is 17.0. The highest BCUT2D eigenvalue weighted by Crippen LogP contribution is 2.32. The van der Waals surface area contributed by atoms with Crippen LogP contribution in [0.4, 0.5) is 0 Å². The zero-order chi connectivity index (χ0) is 21.0. The van der Waals surface area contributed by atoms with Gasteiger partial charge in [0.15, 0.2) is 0 Å². The first kappa shape index (κ1) is 20.6. The van der Waals surface area contributed by atoms with Gasteiger partial charge in [-0.15, -0.1) is 0 Å². The summed E-state index contributed by atoms with van der Waals surface area (Å²) in [5.74, 6) is -1.25. The summed E-state index contributed by atoms with van der Waals surface area (Å²) in [6, 6.07) is 6.99. The average Bonchev–Trinajstić information content (AvgIpc) is 3.35. The van der Waals surface area contributed by atoms with Gasteiger partial charge in [-0.1, -0.05) is 25.0 Å². The van der Waals surface area contributed by atoms with Crippen molar-refractivity contribution < 1.29 is 23.9 Å². The lowest BCUT2D eigenvalue weighted by Gasteiger charge is -2.12. The summed E-state index contributed by atoms with van der Waals surface area (Å²) < 4.78 is 10.4. The number of aromatic amines is 1. The standard InChI is InChI=1S/C22H26N2O5/c1-4-29-22(27)17-13(2)23-19(18(17)14-9-11-16(28-3)12-10-14)20(25)21(26)24-15-7-5-6-8-15/h9-12,15,23H,4-8H2,1-3H3,(H,24,26). The SMILES string of the molecule is CCOC(=O)c1c(C)[nH]c(C(=O)C(=O)NC2CCCC2)c1-c1ccc(OC)cc1. The number of amides is 1. The third kappa shape index (κ3) is 4.34. The molecule has 1 heterocycles. The van der Waals surface area contributed by atoms with E-state index in [0.29, 0.717) is 22.6 Å². The van der Waals surface area contributed by atoms with E-state index in [1.807, 2.05) is 0 Å². The summed E-state index contributed by atoms with van der Waals surface area (Å²) in [4.78, 5) is 41.1. The fourth-order valence-electron chi connectivity index (χ4n) is 3.73. The molecule has 1 aliphatic carbocycles. The Bertz CT molecular complexity index is 908. The van der Waals surface area contributed by atoms with Crippen LogP contribution in [-0.4, -0.2) is 42.4 Å². The fraction of sp³-hybridized carbons (Fsp3) is 0.409. The Morgan fingerprint density at radius 1 is 1.14 bits per heavy atom. The zero-order valence-corrected chi connectivity index (χ0v) is 17.0. The van der Waals surface area contributed by atoms with Gasteiger partial charge in [0.25, 0.3) is 11.7 Å². The van der Waals surface area contributed by atoms with Crippen LogP contribution in [0.5, 0.6) is 5.75 Å². The van der Waals surface area contributed by atoms with Crippen LogP contribution in [0.15, 0.2) is 24.3 Å². The molecular formula is C22H26N2O5. The summed E-state index contributed by atoms with van der Waals surface area (Å²) >= 11 is 0. The number of nitrogens with one attached hydrogen (secondary N) is 2. The van der Waals surface area contributed by atoms with Crippen molar-refractivity contribution >= 4 is 17.7 Å². The third-order valence-corrected chi connectivity index (χ3v) is 5.17. The monoisotopic (exact) mass is 398 g/mol. The molecule has 0 bridgehead atoms. The van der Waals surface area contributed by atoms with Crippen LogP contribution in [0, 0.1) is 6.92 Å². The Kier molecular flexibility index (Phi) is 6.36. The number of esters is 1. The van der Waals surface area contributed by atoms with Crippen molar-refractivity contribution in [3.63, 3.8) is 0 Å². The van der Waals surface area contributed by atoms with Crippen LogP contribution in [0.3, 0.4) is 0 Å². The highest BCUT2D eigenvalue weighted by molar-refractivity contribution is 6.44. The smallest absolute Gasteiger partial charge is 0.340 e. The number of carbonyl (C=O) groups excluding carboxylic acids is 3. The number of Topliss-reactive ketones (excluding diaryl/α,β-unsaturated/α-hetero) is 1. The minimum atomic E-state index is -0.693. The van der Waals surface area contributed by atoms with E-state index in [-0.39, 0.29) is 23.9 Å².